The molecule has 0 radical (unpaired) electrons. The first kappa shape index (κ1) is 25.2. The second-order valence-electron chi connectivity index (χ2n) is 8.77. The normalized spacial score (nSPS) is 15.1. The van der Waals surface area contributed by atoms with Crippen LogP contribution in [-0.2, 0) is 16.6 Å². The number of rotatable bonds is 9. The van der Waals surface area contributed by atoms with Gasteiger partial charge in [0.05, 0.1) is 22.7 Å². The highest BCUT2D eigenvalue weighted by molar-refractivity contribution is 7.92. The van der Waals surface area contributed by atoms with Crippen molar-refractivity contribution in [2.24, 2.45) is 5.92 Å². The fraction of sp³-hybridized carbons (Fsp3) is 0.360. The Morgan fingerprint density at radius 3 is 2.57 bits per heavy atom. The molecule has 4 rings (SSSR count). The van der Waals surface area contributed by atoms with Gasteiger partial charge in [-0.15, -0.1) is 0 Å². The molecule has 3 aromatic rings. The number of hydrogen-bond acceptors (Lipinski definition) is 7. The van der Waals surface area contributed by atoms with Gasteiger partial charge in [0.15, 0.2) is 11.6 Å². The van der Waals surface area contributed by atoms with Gasteiger partial charge in [0.25, 0.3) is 10.0 Å². The maximum atomic E-state index is 12.8. The average molecular weight is 517 g/mol. The molecule has 2 heterocycles. The summed E-state index contributed by atoms with van der Waals surface area (Å²) in [5, 5.41) is 0.538. The molecule has 0 amide bonds. The van der Waals surface area contributed by atoms with Crippen LogP contribution in [0.3, 0.4) is 0 Å². The predicted molar refractivity (Wildman–Crippen MR) is 136 cm³/mol. The van der Waals surface area contributed by atoms with Crippen molar-refractivity contribution in [1.29, 1.82) is 0 Å². The standard InChI is InChI=1S/C25H29ClN4O4S/c1-18-3-6-21(7-4-18)35(31,32)29-25-24(14-27-17-28-25)34-16-20-5-8-22(26)23(13-20)33-15-19-9-11-30(2)12-10-19/h3-8,13-14,17,19H,9-12,15-16H2,1-2H3,(H,27,28,29). The van der Waals surface area contributed by atoms with E-state index in [9.17, 15) is 8.42 Å². The van der Waals surface area contributed by atoms with Crippen molar-refractivity contribution in [3.8, 4) is 11.5 Å². The van der Waals surface area contributed by atoms with Gasteiger partial charge in [-0.05, 0) is 75.6 Å². The Bertz CT molecular complexity index is 1250. The van der Waals surface area contributed by atoms with Crippen LogP contribution in [0, 0.1) is 12.8 Å². The molecule has 186 valence electrons. The molecule has 0 unspecified atom stereocenters. The molecule has 1 saturated heterocycles. The molecule has 1 fully saturated rings. The minimum absolute atomic E-state index is 0.0632. The highest BCUT2D eigenvalue weighted by atomic mass is 35.5. The smallest absolute Gasteiger partial charge is 0.263 e. The van der Waals surface area contributed by atoms with Crippen molar-refractivity contribution in [1.82, 2.24) is 14.9 Å². The van der Waals surface area contributed by atoms with Gasteiger partial charge < -0.3 is 14.4 Å². The highest BCUT2D eigenvalue weighted by Crippen LogP contribution is 2.29. The van der Waals surface area contributed by atoms with E-state index in [1.807, 2.05) is 19.1 Å². The minimum Gasteiger partial charge on any atom is -0.492 e. The summed E-state index contributed by atoms with van der Waals surface area (Å²) in [5.74, 6) is 1.39. The van der Waals surface area contributed by atoms with Crippen LogP contribution >= 0.6 is 11.6 Å². The summed E-state index contributed by atoms with van der Waals surface area (Å²) >= 11 is 6.35. The molecule has 0 saturated carbocycles. The zero-order chi connectivity index (χ0) is 24.8. The quantitative estimate of drug-likeness (QED) is 0.446. The third kappa shape index (κ3) is 6.84. The molecule has 0 atom stereocenters. The topological polar surface area (TPSA) is 93.7 Å². The monoisotopic (exact) mass is 516 g/mol. The maximum absolute atomic E-state index is 12.8. The van der Waals surface area contributed by atoms with E-state index in [0.29, 0.717) is 23.3 Å². The fourth-order valence-corrected chi connectivity index (χ4v) is 4.94. The van der Waals surface area contributed by atoms with Gasteiger partial charge in [-0.1, -0.05) is 35.4 Å². The third-order valence-electron chi connectivity index (χ3n) is 5.94. The van der Waals surface area contributed by atoms with Crippen molar-refractivity contribution < 1.29 is 17.9 Å². The Morgan fingerprint density at radius 1 is 1.09 bits per heavy atom. The first-order chi connectivity index (χ1) is 16.8. The number of sulfonamides is 1. The van der Waals surface area contributed by atoms with Crippen LogP contribution in [0.25, 0.3) is 0 Å². The summed E-state index contributed by atoms with van der Waals surface area (Å²) in [6.45, 7) is 4.82. The lowest BCUT2D eigenvalue weighted by Gasteiger charge is -2.28. The van der Waals surface area contributed by atoms with Gasteiger partial charge in [0.2, 0.25) is 0 Å². The van der Waals surface area contributed by atoms with E-state index in [1.54, 1.807) is 30.3 Å². The number of nitrogens with one attached hydrogen (secondary N) is 1. The first-order valence-corrected chi connectivity index (χ1v) is 13.3. The molecular formula is C25H29ClN4O4S. The lowest BCUT2D eigenvalue weighted by atomic mass is 9.98. The van der Waals surface area contributed by atoms with Crippen molar-refractivity contribution in [2.45, 2.75) is 31.3 Å². The molecular weight excluding hydrogens is 488 g/mol. The molecule has 1 aliphatic rings. The van der Waals surface area contributed by atoms with E-state index in [-0.39, 0.29) is 23.1 Å². The molecule has 8 nitrogen and oxygen atoms in total. The Hall–Kier alpha value is -2.88. The summed E-state index contributed by atoms with van der Waals surface area (Å²) in [5.41, 5.74) is 1.79. The van der Waals surface area contributed by atoms with Gasteiger partial charge in [-0.3, -0.25) is 4.72 Å². The summed E-state index contributed by atoms with van der Waals surface area (Å²) in [7, 11) is -1.70. The summed E-state index contributed by atoms with van der Waals surface area (Å²) in [6, 6.07) is 12.0. The van der Waals surface area contributed by atoms with E-state index >= 15 is 0 Å². The predicted octanol–water partition coefficient (Wildman–Crippen LogP) is 4.54. The fourth-order valence-electron chi connectivity index (χ4n) is 3.75. The molecule has 35 heavy (non-hydrogen) atoms. The molecule has 2 aromatic carbocycles. The second kappa shape index (κ2) is 11.2. The molecule has 1 aromatic heterocycles. The number of nitrogens with zero attached hydrogens (tertiary/aromatic N) is 3. The lowest BCUT2D eigenvalue weighted by molar-refractivity contribution is 0.160. The highest BCUT2D eigenvalue weighted by Gasteiger charge is 2.19. The van der Waals surface area contributed by atoms with Crippen molar-refractivity contribution in [3.05, 3.63) is 71.1 Å². The maximum Gasteiger partial charge on any atom is 0.263 e. The number of ether oxygens (including phenoxy) is 2. The van der Waals surface area contributed by atoms with Gasteiger partial charge in [0, 0.05) is 0 Å². The van der Waals surface area contributed by atoms with Crippen LogP contribution in [0.2, 0.25) is 5.02 Å². The van der Waals surface area contributed by atoms with Crippen LogP contribution in [0.5, 0.6) is 11.5 Å². The molecule has 0 aliphatic carbocycles. The van der Waals surface area contributed by atoms with Gasteiger partial charge in [-0.25, -0.2) is 18.4 Å². The van der Waals surface area contributed by atoms with Crippen LogP contribution in [0.15, 0.2) is 59.9 Å². The zero-order valence-corrected chi connectivity index (χ0v) is 21.3. The molecule has 10 heteroatoms. The van der Waals surface area contributed by atoms with Gasteiger partial charge in [0.1, 0.15) is 18.7 Å². The molecule has 0 spiro atoms. The molecule has 1 N–H and O–H groups in total. The van der Waals surface area contributed by atoms with E-state index < -0.39 is 10.0 Å². The summed E-state index contributed by atoms with van der Waals surface area (Å²) < 4.78 is 39.9. The Balaban J connectivity index is 1.41. The van der Waals surface area contributed by atoms with Crippen LogP contribution < -0.4 is 14.2 Å². The van der Waals surface area contributed by atoms with Gasteiger partial charge in [-0.2, -0.15) is 0 Å². The Labute approximate surface area is 211 Å². The number of aryl methyl sites for hydroxylation is 1. The Kier molecular flexibility index (Phi) is 8.10. The van der Waals surface area contributed by atoms with E-state index in [4.69, 9.17) is 21.1 Å². The van der Waals surface area contributed by atoms with Crippen LogP contribution in [0.4, 0.5) is 5.82 Å². The van der Waals surface area contributed by atoms with E-state index in [0.717, 1.165) is 37.1 Å². The summed E-state index contributed by atoms with van der Waals surface area (Å²) in [6.07, 6.45) is 4.89. The third-order valence-corrected chi connectivity index (χ3v) is 7.61. The molecule has 1 aliphatic heterocycles. The SMILES string of the molecule is Cc1ccc(S(=O)(=O)Nc2ncncc2OCc2ccc(Cl)c(OCC3CCN(C)CC3)c2)cc1. The molecule has 0 bridgehead atoms. The summed E-state index contributed by atoms with van der Waals surface area (Å²) in [4.78, 5) is 10.5. The van der Waals surface area contributed by atoms with E-state index in [2.05, 4.69) is 26.6 Å². The number of halogens is 1. The number of piperidine rings is 1. The van der Waals surface area contributed by atoms with Crippen molar-refractivity contribution >= 4 is 27.4 Å². The number of anilines is 1. The minimum atomic E-state index is -3.83. The van der Waals surface area contributed by atoms with Gasteiger partial charge >= 0.3 is 0 Å². The average Bonchev–Trinajstić information content (AvgIpc) is 2.84. The van der Waals surface area contributed by atoms with E-state index in [1.165, 1.54) is 12.5 Å². The van der Waals surface area contributed by atoms with Crippen LogP contribution in [0.1, 0.15) is 24.0 Å². The van der Waals surface area contributed by atoms with Crippen molar-refractivity contribution in [3.63, 3.8) is 0 Å². The largest absolute Gasteiger partial charge is 0.492 e. The number of benzene rings is 2. The second-order valence-corrected chi connectivity index (χ2v) is 10.9. The Morgan fingerprint density at radius 2 is 1.83 bits per heavy atom. The number of hydrogen-bond donors (Lipinski definition) is 1. The lowest BCUT2D eigenvalue weighted by Crippen LogP contribution is -2.32. The number of aromatic nitrogens is 2. The zero-order valence-electron chi connectivity index (χ0n) is 19.8. The van der Waals surface area contributed by atoms with Crippen LogP contribution in [-0.4, -0.2) is 50.0 Å². The number of likely N-dealkylation sites (tertiary alicyclic amines) is 1. The first-order valence-electron chi connectivity index (χ1n) is 11.4. The van der Waals surface area contributed by atoms with Crippen molar-refractivity contribution in [2.75, 3.05) is 31.5 Å².